The van der Waals surface area contributed by atoms with Crippen molar-refractivity contribution in [2.24, 2.45) is 11.7 Å². The molecule has 1 heterocycles. The van der Waals surface area contributed by atoms with Gasteiger partial charge in [0.05, 0.1) is 10.6 Å². The standard InChI is InChI=1S/C19H30N2O4S/c1-5-26(23,24)16-8-6-7-15(13-16)17(20)14-9-11-21(12-10-14)18(22)25-19(2,3)4/h6-8,13-14,17H,5,9-12,20H2,1-4H3. The van der Waals surface area contributed by atoms with Crippen molar-refractivity contribution in [2.75, 3.05) is 18.8 Å². The summed E-state index contributed by atoms with van der Waals surface area (Å²) in [5.74, 6) is 0.272. The summed E-state index contributed by atoms with van der Waals surface area (Å²) in [5.41, 5.74) is 6.74. The van der Waals surface area contributed by atoms with Gasteiger partial charge in [0.25, 0.3) is 0 Å². The van der Waals surface area contributed by atoms with Crippen LogP contribution < -0.4 is 5.73 Å². The van der Waals surface area contributed by atoms with Crippen LogP contribution in [0.3, 0.4) is 0 Å². The van der Waals surface area contributed by atoms with Crippen LogP contribution in [0.1, 0.15) is 52.1 Å². The smallest absolute Gasteiger partial charge is 0.410 e. The fourth-order valence-electron chi connectivity index (χ4n) is 3.12. The lowest BCUT2D eigenvalue weighted by Gasteiger charge is -2.35. The summed E-state index contributed by atoms with van der Waals surface area (Å²) in [6.45, 7) is 8.38. The van der Waals surface area contributed by atoms with Crippen LogP contribution in [0.2, 0.25) is 0 Å². The Kier molecular flexibility index (Phi) is 6.34. The van der Waals surface area contributed by atoms with E-state index in [1.165, 1.54) is 0 Å². The molecule has 1 aromatic carbocycles. The Morgan fingerprint density at radius 1 is 1.31 bits per heavy atom. The molecular weight excluding hydrogens is 352 g/mol. The molecule has 2 N–H and O–H groups in total. The molecule has 0 aliphatic carbocycles. The van der Waals surface area contributed by atoms with Gasteiger partial charge in [-0.25, -0.2) is 13.2 Å². The minimum Gasteiger partial charge on any atom is -0.444 e. The normalized spacial score (nSPS) is 17.8. The Morgan fingerprint density at radius 3 is 2.46 bits per heavy atom. The fraction of sp³-hybridized carbons (Fsp3) is 0.632. The molecule has 0 spiro atoms. The summed E-state index contributed by atoms with van der Waals surface area (Å²) in [6, 6.07) is 6.67. The van der Waals surface area contributed by atoms with Crippen LogP contribution in [0.4, 0.5) is 4.79 Å². The molecule has 0 bridgehead atoms. The number of nitrogens with two attached hydrogens (primary N) is 1. The second kappa shape index (κ2) is 7.96. The number of amides is 1. The summed E-state index contributed by atoms with van der Waals surface area (Å²) in [5, 5.41) is 0. The second-order valence-electron chi connectivity index (χ2n) is 7.81. The van der Waals surface area contributed by atoms with Crippen molar-refractivity contribution >= 4 is 15.9 Å². The molecule has 1 unspecified atom stereocenters. The van der Waals surface area contributed by atoms with Crippen molar-refractivity contribution in [3.05, 3.63) is 29.8 Å². The quantitative estimate of drug-likeness (QED) is 0.864. The minimum atomic E-state index is -3.25. The van der Waals surface area contributed by atoms with Crippen LogP contribution in [0, 0.1) is 5.92 Å². The highest BCUT2D eigenvalue weighted by molar-refractivity contribution is 7.91. The second-order valence-corrected chi connectivity index (χ2v) is 10.1. The summed E-state index contributed by atoms with van der Waals surface area (Å²) < 4.78 is 29.6. The van der Waals surface area contributed by atoms with E-state index < -0.39 is 15.4 Å². The third kappa shape index (κ3) is 5.20. The number of likely N-dealkylation sites (tertiary alicyclic amines) is 1. The Hall–Kier alpha value is -1.60. The molecule has 1 fully saturated rings. The first-order valence-electron chi connectivity index (χ1n) is 9.09. The number of benzene rings is 1. The molecule has 1 aromatic rings. The topological polar surface area (TPSA) is 89.7 Å². The zero-order valence-corrected chi connectivity index (χ0v) is 16.9. The fourth-order valence-corrected chi connectivity index (χ4v) is 4.06. The van der Waals surface area contributed by atoms with Gasteiger partial charge in [-0.2, -0.15) is 0 Å². The molecule has 7 heteroatoms. The molecule has 2 rings (SSSR count). The first-order valence-corrected chi connectivity index (χ1v) is 10.7. The van der Waals surface area contributed by atoms with Crippen molar-refractivity contribution in [1.29, 1.82) is 0 Å². The lowest BCUT2D eigenvalue weighted by molar-refractivity contribution is 0.0174. The summed E-state index contributed by atoms with van der Waals surface area (Å²) in [4.78, 5) is 14.2. The molecule has 1 aliphatic rings. The largest absolute Gasteiger partial charge is 0.444 e. The Bertz CT molecular complexity index is 732. The molecule has 0 saturated carbocycles. The Morgan fingerprint density at radius 2 is 1.92 bits per heavy atom. The maximum absolute atomic E-state index is 12.2. The zero-order chi connectivity index (χ0) is 19.5. The number of hydrogen-bond acceptors (Lipinski definition) is 5. The summed E-state index contributed by atoms with van der Waals surface area (Å²) >= 11 is 0. The average Bonchev–Trinajstić information content (AvgIpc) is 2.60. The first kappa shape index (κ1) is 20.7. The number of sulfone groups is 1. The van der Waals surface area contributed by atoms with Crippen molar-refractivity contribution in [1.82, 2.24) is 4.90 Å². The molecule has 1 aliphatic heterocycles. The molecule has 26 heavy (non-hydrogen) atoms. The van der Waals surface area contributed by atoms with Crippen molar-refractivity contribution in [2.45, 2.75) is 57.1 Å². The van der Waals surface area contributed by atoms with E-state index in [1.54, 1.807) is 30.0 Å². The number of ether oxygens (including phenoxy) is 1. The van der Waals surface area contributed by atoms with Gasteiger partial charge in [0, 0.05) is 19.1 Å². The van der Waals surface area contributed by atoms with E-state index in [1.807, 2.05) is 26.8 Å². The molecule has 0 aromatic heterocycles. The maximum atomic E-state index is 12.2. The van der Waals surface area contributed by atoms with E-state index in [4.69, 9.17) is 10.5 Å². The van der Waals surface area contributed by atoms with Gasteiger partial charge >= 0.3 is 6.09 Å². The molecule has 1 amide bonds. The SMILES string of the molecule is CCS(=O)(=O)c1cccc(C(N)C2CCN(C(=O)OC(C)(C)C)CC2)c1. The predicted molar refractivity (Wildman–Crippen MR) is 102 cm³/mol. The highest BCUT2D eigenvalue weighted by Gasteiger charge is 2.30. The minimum absolute atomic E-state index is 0.0694. The monoisotopic (exact) mass is 382 g/mol. The van der Waals surface area contributed by atoms with Crippen LogP contribution >= 0.6 is 0 Å². The Labute approximate surface area is 156 Å². The number of carbonyl (C=O) groups excluding carboxylic acids is 1. The van der Waals surface area contributed by atoms with E-state index in [0.29, 0.717) is 18.0 Å². The lowest BCUT2D eigenvalue weighted by atomic mass is 9.86. The molecule has 6 nitrogen and oxygen atoms in total. The van der Waals surface area contributed by atoms with Gasteiger partial charge in [-0.05, 0) is 57.2 Å². The van der Waals surface area contributed by atoms with E-state index in [-0.39, 0.29) is 23.8 Å². The van der Waals surface area contributed by atoms with E-state index in [9.17, 15) is 13.2 Å². The van der Waals surface area contributed by atoms with Crippen LogP contribution in [-0.4, -0.2) is 43.9 Å². The Balaban J connectivity index is 2.02. The summed E-state index contributed by atoms with van der Waals surface area (Å²) in [6.07, 6.45) is 1.25. The number of piperidine rings is 1. The van der Waals surface area contributed by atoms with Gasteiger partial charge in [-0.3, -0.25) is 0 Å². The highest BCUT2D eigenvalue weighted by Crippen LogP contribution is 2.30. The van der Waals surface area contributed by atoms with Gasteiger partial charge in [0.15, 0.2) is 9.84 Å². The highest BCUT2D eigenvalue weighted by atomic mass is 32.2. The number of hydrogen-bond donors (Lipinski definition) is 1. The number of carbonyl (C=O) groups is 1. The van der Waals surface area contributed by atoms with Crippen molar-refractivity contribution in [3.63, 3.8) is 0 Å². The van der Waals surface area contributed by atoms with Gasteiger partial charge < -0.3 is 15.4 Å². The molecule has 1 saturated heterocycles. The van der Waals surface area contributed by atoms with Crippen molar-refractivity contribution < 1.29 is 17.9 Å². The first-order chi connectivity index (χ1) is 12.0. The maximum Gasteiger partial charge on any atom is 0.410 e. The van der Waals surface area contributed by atoms with E-state index in [2.05, 4.69) is 0 Å². The van der Waals surface area contributed by atoms with Crippen LogP contribution in [-0.2, 0) is 14.6 Å². The van der Waals surface area contributed by atoms with E-state index >= 15 is 0 Å². The van der Waals surface area contributed by atoms with Gasteiger partial charge in [-0.15, -0.1) is 0 Å². The number of nitrogens with zero attached hydrogens (tertiary/aromatic N) is 1. The zero-order valence-electron chi connectivity index (χ0n) is 16.1. The van der Waals surface area contributed by atoms with Gasteiger partial charge in [0.1, 0.15) is 5.60 Å². The van der Waals surface area contributed by atoms with Crippen LogP contribution in [0.15, 0.2) is 29.2 Å². The predicted octanol–water partition coefficient (Wildman–Crippen LogP) is 3.13. The van der Waals surface area contributed by atoms with E-state index in [0.717, 1.165) is 18.4 Å². The molecular formula is C19H30N2O4S. The van der Waals surface area contributed by atoms with Crippen LogP contribution in [0.5, 0.6) is 0 Å². The molecule has 0 radical (unpaired) electrons. The van der Waals surface area contributed by atoms with Crippen molar-refractivity contribution in [3.8, 4) is 0 Å². The molecule has 146 valence electrons. The average molecular weight is 383 g/mol. The third-order valence-electron chi connectivity index (χ3n) is 4.68. The lowest BCUT2D eigenvalue weighted by Crippen LogP contribution is -2.43. The van der Waals surface area contributed by atoms with Gasteiger partial charge in [-0.1, -0.05) is 19.1 Å². The number of rotatable bonds is 4. The molecule has 1 atom stereocenters. The van der Waals surface area contributed by atoms with Crippen LogP contribution in [0.25, 0.3) is 0 Å². The summed E-state index contributed by atoms with van der Waals surface area (Å²) in [7, 11) is -3.25. The van der Waals surface area contributed by atoms with Gasteiger partial charge in [0.2, 0.25) is 0 Å². The third-order valence-corrected chi connectivity index (χ3v) is 6.41.